The van der Waals surface area contributed by atoms with Crippen molar-refractivity contribution >= 4 is 23.6 Å². The Bertz CT molecular complexity index is 502. The number of rotatable bonds is 16. The van der Waals surface area contributed by atoms with E-state index in [2.05, 4.69) is 10.6 Å². The van der Waals surface area contributed by atoms with Gasteiger partial charge in [0.15, 0.2) is 0 Å². The lowest BCUT2D eigenvalue weighted by Crippen LogP contribution is -2.32. The predicted octanol–water partition coefficient (Wildman–Crippen LogP) is 3.04. The number of hydroxylamine groups is 2. The van der Waals surface area contributed by atoms with Gasteiger partial charge in [-0.25, -0.2) is 4.79 Å². The number of carbonyl (C=O) groups excluding carboxylic acids is 4. The molecule has 0 aliphatic carbocycles. The quantitative estimate of drug-likeness (QED) is 0.200. The SMILES string of the molecule is C.C.C.C.CCC(=O)CCCOCCCO.CN.O=C(CCCOCCCO)ON1C(=O)CCC1=O. The second-order valence-corrected chi connectivity index (χ2v) is 6.52. The standard InChI is InChI=1S/C11H17NO6.C9H18O3.CH5N.4CH4/c13-6-2-8-17-7-1-3-11(16)18-12-9(14)4-5-10(12)15;1-2-9(11)5-3-7-12-8-4-6-10;1-2;;;;/h13H,1-8H2;10H,2-8H2,1H3;2H2,1H3;4*1H4. The molecule has 1 fully saturated rings. The van der Waals surface area contributed by atoms with Crippen LogP contribution < -0.4 is 5.73 Å². The topological polar surface area (TPSA) is 166 Å². The summed E-state index contributed by atoms with van der Waals surface area (Å²) in [7, 11) is 1.50. The van der Waals surface area contributed by atoms with Crippen LogP contribution in [0.3, 0.4) is 0 Å². The summed E-state index contributed by atoms with van der Waals surface area (Å²) in [4.78, 5) is 49.1. The first kappa shape index (κ1) is 47.3. The van der Waals surface area contributed by atoms with Crippen LogP contribution in [-0.2, 0) is 33.5 Å². The molecule has 0 aromatic rings. The highest BCUT2D eigenvalue weighted by Gasteiger charge is 2.32. The van der Waals surface area contributed by atoms with E-state index in [-0.39, 0.29) is 62.2 Å². The third-order valence-corrected chi connectivity index (χ3v) is 3.90. The molecule has 1 rings (SSSR count). The fourth-order valence-corrected chi connectivity index (χ4v) is 2.21. The Morgan fingerprint density at radius 1 is 0.778 bits per heavy atom. The molecule has 1 saturated heterocycles. The summed E-state index contributed by atoms with van der Waals surface area (Å²) < 4.78 is 10.3. The summed E-state index contributed by atoms with van der Waals surface area (Å²) in [6.45, 7) is 4.15. The molecule has 1 aliphatic heterocycles. The molecule has 11 heteroatoms. The van der Waals surface area contributed by atoms with Gasteiger partial charge in [0.2, 0.25) is 0 Å². The van der Waals surface area contributed by atoms with E-state index in [1.807, 2.05) is 6.92 Å². The molecule has 2 amide bonds. The number of Topliss-reactive ketones (excluding diaryl/α,β-unsaturated/α-hetero) is 1. The molecule has 0 saturated carbocycles. The largest absolute Gasteiger partial charge is 0.396 e. The summed E-state index contributed by atoms with van der Waals surface area (Å²) >= 11 is 0. The van der Waals surface area contributed by atoms with Gasteiger partial charge in [-0.05, 0) is 32.7 Å². The Morgan fingerprint density at radius 2 is 1.17 bits per heavy atom. The van der Waals surface area contributed by atoms with Gasteiger partial charge in [-0.3, -0.25) is 14.4 Å². The summed E-state index contributed by atoms with van der Waals surface area (Å²) in [5, 5.41) is 17.4. The maximum atomic E-state index is 11.3. The molecule has 0 bridgehead atoms. The van der Waals surface area contributed by atoms with Crippen LogP contribution in [0.4, 0.5) is 0 Å². The monoisotopic (exact) mass is 528 g/mol. The fraction of sp³-hybridized carbons (Fsp3) is 0.840. The van der Waals surface area contributed by atoms with E-state index in [0.29, 0.717) is 69.4 Å². The van der Waals surface area contributed by atoms with Crippen molar-refractivity contribution in [2.45, 2.75) is 94.4 Å². The van der Waals surface area contributed by atoms with Gasteiger partial charge in [-0.2, -0.15) is 0 Å². The number of amides is 2. The molecule has 36 heavy (non-hydrogen) atoms. The van der Waals surface area contributed by atoms with Gasteiger partial charge >= 0.3 is 5.97 Å². The highest BCUT2D eigenvalue weighted by atomic mass is 16.7. The highest BCUT2D eigenvalue weighted by molar-refractivity contribution is 6.01. The summed E-state index contributed by atoms with van der Waals surface area (Å²) in [6, 6.07) is 0. The molecule has 0 unspecified atom stereocenters. The highest BCUT2D eigenvalue weighted by Crippen LogP contribution is 2.12. The van der Waals surface area contributed by atoms with E-state index < -0.39 is 17.8 Å². The van der Waals surface area contributed by atoms with Gasteiger partial charge in [-0.1, -0.05) is 36.6 Å². The van der Waals surface area contributed by atoms with E-state index in [0.717, 1.165) is 6.42 Å². The Morgan fingerprint density at radius 3 is 1.56 bits per heavy atom. The lowest BCUT2D eigenvalue weighted by Gasteiger charge is -2.12. The smallest absolute Gasteiger partial charge is 0.333 e. The van der Waals surface area contributed by atoms with Gasteiger partial charge in [0.25, 0.3) is 11.8 Å². The molecule has 0 radical (unpaired) electrons. The number of imide groups is 1. The normalized spacial score (nSPS) is 11.2. The fourth-order valence-electron chi connectivity index (χ4n) is 2.21. The number of ketones is 1. The molecule has 0 aromatic carbocycles. The van der Waals surface area contributed by atoms with Crippen molar-refractivity contribution in [3.8, 4) is 0 Å². The van der Waals surface area contributed by atoms with E-state index in [4.69, 9.17) is 19.7 Å². The molecular weight excluding hydrogens is 472 g/mol. The van der Waals surface area contributed by atoms with Crippen molar-refractivity contribution in [1.82, 2.24) is 5.06 Å². The first-order chi connectivity index (χ1) is 15.5. The number of hydrogen-bond donors (Lipinski definition) is 3. The van der Waals surface area contributed by atoms with E-state index in [1.165, 1.54) is 7.05 Å². The molecule has 4 N–H and O–H groups in total. The van der Waals surface area contributed by atoms with Gasteiger partial charge < -0.3 is 30.3 Å². The van der Waals surface area contributed by atoms with Gasteiger partial charge in [0.1, 0.15) is 5.78 Å². The third-order valence-electron chi connectivity index (χ3n) is 3.90. The second-order valence-electron chi connectivity index (χ2n) is 6.52. The van der Waals surface area contributed by atoms with Gasteiger partial charge in [-0.15, -0.1) is 5.06 Å². The first-order valence-electron chi connectivity index (χ1n) is 11.0. The Hall–Kier alpha value is -1.92. The first-order valence-corrected chi connectivity index (χ1v) is 11.0. The van der Waals surface area contributed by atoms with Crippen LogP contribution in [0.2, 0.25) is 0 Å². The molecular formula is C25H56N2O9. The van der Waals surface area contributed by atoms with E-state index >= 15 is 0 Å². The van der Waals surface area contributed by atoms with Crippen molar-refractivity contribution in [3.05, 3.63) is 0 Å². The van der Waals surface area contributed by atoms with Crippen molar-refractivity contribution in [3.63, 3.8) is 0 Å². The maximum absolute atomic E-state index is 11.3. The number of aliphatic hydroxyl groups is 2. The molecule has 11 nitrogen and oxygen atoms in total. The van der Waals surface area contributed by atoms with E-state index in [1.54, 1.807) is 0 Å². The minimum atomic E-state index is -0.621. The van der Waals surface area contributed by atoms with Crippen molar-refractivity contribution < 1.29 is 43.7 Å². The lowest BCUT2D eigenvalue weighted by atomic mass is 10.2. The number of aliphatic hydroxyl groups excluding tert-OH is 2. The zero-order valence-corrected chi connectivity index (χ0v) is 19.4. The summed E-state index contributed by atoms with van der Waals surface area (Å²) in [5.41, 5.74) is 4.50. The van der Waals surface area contributed by atoms with E-state index in [9.17, 15) is 19.2 Å². The average molecular weight is 529 g/mol. The van der Waals surface area contributed by atoms with Crippen LogP contribution in [0.25, 0.3) is 0 Å². The van der Waals surface area contributed by atoms with Crippen LogP contribution in [0.5, 0.6) is 0 Å². The number of nitrogens with two attached hydrogens (primary N) is 1. The van der Waals surface area contributed by atoms with Crippen LogP contribution in [0.1, 0.15) is 94.4 Å². The molecule has 0 atom stereocenters. The van der Waals surface area contributed by atoms with Crippen molar-refractivity contribution in [2.75, 3.05) is 46.7 Å². The Kier molecular flexibility index (Phi) is 46.3. The van der Waals surface area contributed by atoms with Crippen LogP contribution in [0.15, 0.2) is 0 Å². The molecule has 0 spiro atoms. The van der Waals surface area contributed by atoms with Gasteiger partial charge in [0.05, 0.1) is 6.42 Å². The molecule has 1 aliphatic rings. The van der Waals surface area contributed by atoms with Gasteiger partial charge in [0, 0.05) is 65.3 Å². The summed E-state index contributed by atoms with van der Waals surface area (Å²) in [6.07, 6.45) is 4.00. The number of carbonyl (C=O) groups is 4. The third kappa shape index (κ3) is 28.3. The maximum Gasteiger partial charge on any atom is 0.333 e. The minimum Gasteiger partial charge on any atom is -0.396 e. The zero-order chi connectivity index (χ0) is 24.6. The number of nitrogens with zero attached hydrogens (tertiary/aromatic N) is 1. The molecule has 220 valence electrons. The van der Waals surface area contributed by atoms with Crippen LogP contribution in [-0.4, -0.2) is 85.5 Å². The Balaban J connectivity index is -0.000000112. The number of hydrogen-bond acceptors (Lipinski definition) is 10. The molecule has 0 aromatic heterocycles. The minimum absolute atomic E-state index is 0. The Labute approximate surface area is 219 Å². The second kappa shape index (κ2) is 35.2. The van der Waals surface area contributed by atoms with Crippen LogP contribution >= 0.6 is 0 Å². The lowest BCUT2D eigenvalue weighted by molar-refractivity contribution is -0.197. The van der Waals surface area contributed by atoms with Crippen molar-refractivity contribution in [1.29, 1.82) is 0 Å². The van der Waals surface area contributed by atoms with Crippen molar-refractivity contribution in [2.24, 2.45) is 5.73 Å². The van der Waals surface area contributed by atoms with Crippen LogP contribution in [0, 0.1) is 0 Å². The predicted molar refractivity (Wildman–Crippen MR) is 143 cm³/mol. The average Bonchev–Trinajstić information content (AvgIpc) is 3.12. The number of ether oxygens (including phenoxy) is 2. The zero-order valence-electron chi connectivity index (χ0n) is 19.4. The summed E-state index contributed by atoms with van der Waals surface area (Å²) in [5.74, 6) is -1.29. The molecule has 1 heterocycles.